The lowest BCUT2D eigenvalue weighted by Crippen LogP contribution is -2.36. The highest BCUT2D eigenvalue weighted by atomic mass is 32.2. The van der Waals surface area contributed by atoms with Crippen molar-refractivity contribution in [3.05, 3.63) is 0 Å². The van der Waals surface area contributed by atoms with E-state index in [9.17, 15) is 8.42 Å². The van der Waals surface area contributed by atoms with Gasteiger partial charge in [-0.25, -0.2) is 8.42 Å². The normalized spacial score (nSPS) is 36.3. The van der Waals surface area contributed by atoms with Crippen LogP contribution in [0.25, 0.3) is 0 Å². The molecule has 2 rings (SSSR count). The van der Waals surface area contributed by atoms with E-state index in [4.69, 9.17) is 4.74 Å². The maximum Gasteiger partial charge on any atom is 0.151 e. The van der Waals surface area contributed by atoms with E-state index in [0.717, 1.165) is 32.4 Å². The molecule has 0 spiro atoms. The maximum absolute atomic E-state index is 11.2. The van der Waals surface area contributed by atoms with Crippen LogP contribution in [0.4, 0.5) is 0 Å². The van der Waals surface area contributed by atoms with E-state index in [1.54, 1.807) is 0 Å². The molecule has 0 radical (unpaired) electrons. The number of sulfone groups is 1. The summed E-state index contributed by atoms with van der Waals surface area (Å²) in [5.74, 6) is 0.649. The lowest BCUT2D eigenvalue weighted by molar-refractivity contribution is 0.108. The minimum absolute atomic E-state index is 0.157. The Morgan fingerprint density at radius 3 is 2.79 bits per heavy atom. The van der Waals surface area contributed by atoms with Crippen molar-refractivity contribution in [3.63, 3.8) is 0 Å². The van der Waals surface area contributed by atoms with Gasteiger partial charge in [0.15, 0.2) is 9.84 Å². The molecule has 0 bridgehead atoms. The van der Waals surface area contributed by atoms with Crippen LogP contribution in [0.5, 0.6) is 0 Å². The molecule has 0 aliphatic carbocycles. The Balaban J connectivity index is 1.71. The van der Waals surface area contributed by atoms with Gasteiger partial charge in [0.05, 0.1) is 17.6 Å². The average Bonchev–Trinajstić information content (AvgIpc) is 2.70. The molecule has 2 aliphatic rings. The Hall–Kier alpha value is -0.130. The Kier molecular flexibility index (Phi) is 3.09. The topological polar surface area (TPSA) is 55.4 Å². The van der Waals surface area contributed by atoms with Crippen molar-refractivity contribution < 1.29 is 13.2 Å². The standard InChI is InChI=1S/C9H17NO3S/c11-14(12)5-3-8(7-14)10-6-9-2-1-4-13-9/h8-10H,1-7H2/t8-,9+/m0/s1. The molecule has 14 heavy (non-hydrogen) atoms. The summed E-state index contributed by atoms with van der Waals surface area (Å²) in [5.41, 5.74) is 0. The monoisotopic (exact) mass is 219 g/mol. The van der Waals surface area contributed by atoms with Crippen molar-refractivity contribution in [1.29, 1.82) is 0 Å². The van der Waals surface area contributed by atoms with Gasteiger partial charge in [0, 0.05) is 19.2 Å². The number of hydrogen-bond acceptors (Lipinski definition) is 4. The summed E-state index contributed by atoms with van der Waals surface area (Å²) in [6.45, 7) is 1.66. The van der Waals surface area contributed by atoms with Gasteiger partial charge in [0.2, 0.25) is 0 Å². The first-order chi connectivity index (χ1) is 6.66. The van der Waals surface area contributed by atoms with Crippen LogP contribution in [0, 0.1) is 0 Å². The minimum Gasteiger partial charge on any atom is -0.377 e. The van der Waals surface area contributed by atoms with Crippen LogP contribution < -0.4 is 5.32 Å². The SMILES string of the molecule is O=S1(=O)CC[C@H](NC[C@H]2CCCO2)C1. The van der Waals surface area contributed by atoms with Crippen molar-refractivity contribution in [3.8, 4) is 0 Å². The average molecular weight is 219 g/mol. The Labute approximate surface area is 84.9 Å². The second kappa shape index (κ2) is 4.16. The summed E-state index contributed by atoms with van der Waals surface area (Å²) in [6.07, 6.45) is 3.30. The van der Waals surface area contributed by atoms with Crippen molar-refractivity contribution in [2.24, 2.45) is 0 Å². The van der Waals surface area contributed by atoms with E-state index in [1.165, 1.54) is 0 Å². The van der Waals surface area contributed by atoms with Crippen molar-refractivity contribution in [1.82, 2.24) is 5.32 Å². The molecule has 0 saturated carbocycles. The summed E-state index contributed by atoms with van der Waals surface area (Å²) < 4.78 is 27.8. The predicted molar refractivity (Wildman–Crippen MR) is 54.0 cm³/mol. The fraction of sp³-hybridized carbons (Fsp3) is 1.00. The van der Waals surface area contributed by atoms with E-state index < -0.39 is 9.84 Å². The Bertz CT molecular complexity index is 282. The van der Waals surface area contributed by atoms with Crippen molar-refractivity contribution >= 4 is 9.84 Å². The highest BCUT2D eigenvalue weighted by Crippen LogP contribution is 2.14. The molecule has 2 fully saturated rings. The smallest absolute Gasteiger partial charge is 0.151 e. The molecule has 2 saturated heterocycles. The van der Waals surface area contributed by atoms with Crippen molar-refractivity contribution in [2.45, 2.75) is 31.4 Å². The molecule has 0 aromatic carbocycles. The van der Waals surface area contributed by atoms with Gasteiger partial charge in [0.25, 0.3) is 0 Å². The minimum atomic E-state index is -2.74. The summed E-state index contributed by atoms with van der Waals surface area (Å²) in [4.78, 5) is 0. The largest absolute Gasteiger partial charge is 0.377 e. The van der Waals surface area contributed by atoms with Gasteiger partial charge in [0.1, 0.15) is 0 Å². The molecule has 0 unspecified atom stereocenters. The third-order valence-electron chi connectivity index (χ3n) is 2.89. The van der Waals surface area contributed by atoms with E-state index in [1.807, 2.05) is 0 Å². The third-order valence-corrected chi connectivity index (χ3v) is 4.66. The number of rotatable bonds is 3. The summed E-state index contributed by atoms with van der Waals surface area (Å²) in [6, 6.07) is 0.157. The second-order valence-corrected chi connectivity index (χ2v) is 6.37. The summed E-state index contributed by atoms with van der Waals surface area (Å²) in [7, 11) is -2.74. The molecule has 2 aliphatic heterocycles. The highest BCUT2D eigenvalue weighted by Gasteiger charge is 2.28. The fourth-order valence-corrected chi connectivity index (χ4v) is 3.77. The van der Waals surface area contributed by atoms with Gasteiger partial charge in [-0.05, 0) is 19.3 Å². The molecule has 0 aromatic heterocycles. The first kappa shape index (κ1) is 10.4. The third kappa shape index (κ3) is 2.68. The van der Waals surface area contributed by atoms with Crippen LogP contribution in [-0.2, 0) is 14.6 Å². The van der Waals surface area contributed by atoms with Crippen LogP contribution in [0.1, 0.15) is 19.3 Å². The zero-order chi connectivity index (χ0) is 10.0. The van der Waals surface area contributed by atoms with Crippen LogP contribution in [0.3, 0.4) is 0 Å². The lowest BCUT2D eigenvalue weighted by atomic mass is 10.2. The zero-order valence-corrected chi connectivity index (χ0v) is 9.05. The predicted octanol–water partition coefficient (Wildman–Crippen LogP) is -0.0579. The summed E-state index contributed by atoms with van der Waals surface area (Å²) >= 11 is 0. The summed E-state index contributed by atoms with van der Waals surface area (Å²) in [5, 5.41) is 3.27. The fourth-order valence-electron chi connectivity index (χ4n) is 2.06. The first-order valence-corrected chi connectivity index (χ1v) is 7.03. The molecule has 0 aromatic rings. The van der Waals surface area contributed by atoms with Gasteiger partial charge in [-0.2, -0.15) is 0 Å². The van der Waals surface area contributed by atoms with E-state index in [2.05, 4.69) is 5.32 Å². The number of hydrogen-bond donors (Lipinski definition) is 1. The van der Waals surface area contributed by atoms with Crippen molar-refractivity contribution in [2.75, 3.05) is 24.7 Å². The van der Waals surface area contributed by atoms with Crippen LogP contribution >= 0.6 is 0 Å². The van der Waals surface area contributed by atoms with E-state index in [-0.39, 0.29) is 6.04 Å². The zero-order valence-electron chi connectivity index (χ0n) is 8.24. The molecule has 2 atom stereocenters. The molecule has 82 valence electrons. The second-order valence-electron chi connectivity index (χ2n) is 4.14. The molecule has 4 nitrogen and oxygen atoms in total. The van der Waals surface area contributed by atoms with Gasteiger partial charge >= 0.3 is 0 Å². The molecule has 1 N–H and O–H groups in total. The highest BCUT2D eigenvalue weighted by molar-refractivity contribution is 7.91. The molecule has 0 amide bonds. The molecule has 2 heterocycles. The quantitative estimate of drug-likeness (QED) is 0.722. The Morgan fingerprint density at radius 2 is 2.21 bits per heavy atom. The van der Waals surface area contributed by atoms with Crippen LogP contribution in [0.2, 0.25) is 0 Å². The van der Waals surface area contributed by atoms with Crippen LogP contribution in [0.15, 0.2) is 0 Å². The molecule has 5 heteroatoms. The maximum atomic E-state index is 11.2. The number of nitrogens with one attached hydrogen (secondary N) is 1. The first-order valence-electron chi connectivity index (χ1n) is 5.21. The molecular weight excluding hydrogens is 202 g/mol. The van der Waals surface area contributed by atoms with Gasteiger partial charge in [-0.1, -0.05) is 0 Å². The Morgan fingerprint density at radius 1 is 1.36 bits per heavy atom. The van der Waals surface area contributed by atoms with E-state index >= 15 is 0 Å². The van der Waals surface area contributed by atoms with E-state index in [0.29, 0.717) is 17.6 Å². The molecular formula is C9H17NO3S. The number of ether oxygens (including phenoxy) is 1. The lowest BCUT2D eigenvalue weighted by Gasteiger charge is -2.14. The van der Waals surface area contributed by atoms with Gasteiger partial charge < -0.3 is 10.1 Å². The van der Waals surface area contributed by atoms with Gasteiger partial charge in [-0.15, -0.1) is 0 Å². The van der Waals surface area contributed by atoms with Gasteiger partial charge in [-0.3, -0.25) is 0 Å². The van der Waals surface area contributed by atoms with Crippen LogP contribution in [-0.4, -0.2) is 45.2 Å².